The summed E-state index contributed by atoms with van der Waals surface area (Å²) in [6.07, 6.45) is 4.92. The lowest BCUT2D eigenvalue weighted by Gasteiger charge is -2.33. The fraction of sp³-hybridized carbons (Fsp3) is 0.562. The summed E-state index contributed by atoms with van der Waals surface area (Å²) in [6.45, 7) is 2.95. The zero-order valence-electron chi connectivity index (χ0n) is 12.3. The van der Waals surface area contributed by atoms with Gasteiger partial charge < -0.3 is 10.8 Å². The van der Waals surface area contributed by atoms with Crippen molar-refractivity contribution in [2.45, 2.75) is 45.2 Å². The Balaban J connectivity index is 2.10. The summed E-state index contributed by atoms with van der Waals surface area (Å²) in [5.41, 5.74) is 7.20. The number of rotatable bonds is 4. The molecule has 1 saturated carbocycles. The van der Waals surface area contributed by atoms with Crippen molar-refractivity contribution in [3.05, 3.63) is 29.3 Å². The van der Waals surface area contributed by atoms with Crippen LogP contribution in [0.15, 0.2) is 18.2 Å². The Morgan fingerprint density at radius 3 is 2.60 bits per heavy atom. The zero-order valence-corrected chi connectivity index (χ0v) is 12.3. The van der Waals surface area contributed by atoms with Crippen LogP contribution in [0.4, 0.5) is 5.69 Å². The molecule has 0 radical (unpaired) electrons. The lowest BCUT2D eigenvalue weighted by atomic mass is 9.86. The molecule has 0 aliphatic heterocycles. The molecule has 0 unspecified atom stereocenters. The Bertz CT molecular complexity index is 479. The van der Waals surface area contributed by atoms with Gasteiger partial charge in [0.25, 0.3) is 0 Å². The molecule has 1 fully saturated rings. The predicted octanol–water partition coefficient (Wildman–Crippen LogP) is 2.98. The first kappa shape index (κ1) is 14.9. The number of hydrogen-bond donors (Lipinski definition) is 2. The van der Waals surface area contributed by atoms with Gasteiger partial charge in [-0.05, 0) is 50.3 Å². The summed E-state index contributed by atoms with van der Waals surface area (Å²) in [5, 5.41) is 9.31. The van der Waals surface area contributed by atoms with Crippen LogP contribution in [0.3, 0.4) is 0 Å². The van der Waals surface area contributed by atoms with Crippen molar-refractivity contribution in [3.63, 3.8) is 0 Å². The second-order valence-electron chi connectivity index (χ2n) is 6.02. The van der Waals surface area contributed by atoms with Gasteiger partial charge in [0.2, 0.25) is 0 Å². The average molecular weight is 276 g/mol. The van der Waals surface area contributed by atoms with Crippen LogP contribution in [0.2, 0.25) is 0 Å². The molecule has 1 aromatic carbocycles. The van der Waals surface area contributed by atoms with E-state index < -0.39 is 5.97 Å². The fourth-order valence-electron chi connectivity index (χ4n) is 3.09. The normalized spacial score (nSPS) is 22.9. The predicted molar refractivity (Wildman–Crippen MR) is 80.7 cm³/mol. The van der Waals surface area contributed by atoms with Gasteiger partial charge in [-0.2, -0.15) is 0 Å². The van der Waals surface area contributed by atoms with Gasteiger partial charge in [0, 0.05) is 18.3 Å². The molecule has 0 saturated heterocycles. The van der Waals surface area contributed by atoms with Gasteiger partial charge in [-0.25, -0.2) is 4.79 Å². The summed E-state index contributed by atoms with van der Waals surface area (Å²) in [7, 11) is 2.08. The molecular weight excluding hydrogens is 252 g/mol. The minimum atomic E-state index is -0.941. The average Bonchev–Trinajstić information content (AvgIpc) is 2.39. The molecule has 3 N–H and O–H groups in total. The number of carbonyl (C=O) groups is 1. The van der Waals surface area contributed by atoms with Crippen LogP contribution in [0.5, 0.6) is 0 Å². The Kier molecular flexibility index (Phi) is 4.65. The number of nitrogens with two attached hydrogens (primary N) is 1. The summed E-state index contributed by atoms with van der Waals surface area (Å²) in [5.74, 6) is -0.120. The van der Waals surface area contributed by atoms with Crippen molar-refractivity contribution < 1.29 is 9.90 Å². The standard InChI is InChI=1S/C16H24N2O2/c1-11-6-8-13(9-7-11)18(2)10-12-4-3-5-14(17)15(12)16(19)20/h3-5,11,13H,6-10,17H2,1-2H3,(H,19,20). The maximum atomic E-state index is 11.3. The highest BCUT2D eigenvalue weighted by Crippen LogP contribution is 2.28. The minimum absolute atomic E-state index is 0.253. The molecule has 4 nitrogen and oxygen atoms in total. The first-order valence-corrected chi connectivity index (χ1v) is 7.30. The highest BCUT2D eigenvalue weighted by atomic mass is 16.4. The molecule has 110 valence electrons. The lowest BCUT2D eigenvalue weighted by molar-refractivity contribution is 0.0695. The van der Waals surface area contributed by atoms with Crippen LogP contribution in [0.25, 0.3) is 0 Å². The topological polar surface area (TPSA) is 66.6 Å². The maximum Gasteiger partial charge on any atom is 0.338 e. The Morgan fingerprint density at radius 1 is 1.35 bits per heavy atom. The third-order valence-electron chi connectivity index (χ3n) is 4.43. The number of carboxylic acid groups (broad SMARTS) is 1. The second kappa shape index (κ2) is 6.27. The van der Waals surface area contributed by atoms with Crippen LogP contribution in [-0.2, 0) is 6.54 Å². The number of nitrogen functional groups attached to an aromatic ring is 1. The number of aromatic carboxylic acids is 1. The molecule has 20 heavy (non-hydrogen) atoms. The molecule has 1 aliphatic rings. The maximum absolute atomic E-state index is 11.3. The molecule has 0 atom stereocenters. The van der Waals surface area contributed by atoms with Gasteiger partial charge in [-0.15, -0.1) is 0 Å². The van der Waals surface area contributed by atoms with E-state index in [1.807, 2.05) is 12.1 Å². The quantitative estimate of drug-likeness (QED) is 0.830. The van der Waals surface area contributed by atoms with Crippen LogP contribution < -0.4 is 5.73 Å². The van der Waals surface area contributed by atoms with Crippen LogP contribution >= 0.6 is 0 Å². The highest BCUT2D eigenvalue weighted by Gasteiger charge is 2.23. The molecule has 0 spiro atoms. The summed E-state index contributed by atoms with van der Waals surface area (Å²) in [6, 6.07) is 5.89. The van der Waals surface area contributed by atoms with Crippen LogP contribution in [0, 0.1) is 5.92 Å². The number of benzene rings is 1. The largest absolute Gasteiger partial charge is 0.478 e. The van der Waals surface area contributed by atoms with E-state index in [0.717, 1.165) is 11.5 Å². The van der Waals surface area contributed by atoms with E-state index in [4.69, 9.17) is 5.73 Å². The van der Waals surface area contributed by atoms with E-state index in [1.54, 1.807) is 6.07 Å². The van der Waals surface area contributed by atoms with Crippen LogP contribution in [0.1, 0.15) is 48.5 Å². The molecule has 1 aromatic rings. The third-order valence-corrected chi connectivity index (χ3v) is 4.43. The van der Waals surface area contributed by atoms with Gasteiger partial charge in [-0.3, -0.25) is 4.90 Å². The molecule has 0 aromatic heterocycles. The number of carboxylic acids is 1. The summed E-state index contributed by atoms with van der Waals surface area (Å²) in [4.78, 5) is 13.6. The first-order chi connectivity index (χ1) is 9.49. The van der Waals surface area contributed by atoms with Gasteiger partial charge in [0.05, 0.1) is 5.56 Å². The van der Waals surface area contributed by atoms with Crippen molar-refractivity contribution in [2.24, 2.45) is 5.92 Å². The van der Waals surface area contributed by atoms with E-state index >= 15 is 0 Å². The first-order valence-electron chi connectivity index (χ1n) is 7.30. The molecule has 2 rings (SSSR count). The lowest BCUT2D eigenvalue weighted by Crippen LogP contribution is -2.34. The van der Waals surface area contributed by atoms with E-state index in [-0.39, 0.29) is 5.56 Å². The molecule has 4 heteroatoms. The molecule has 0 bridgehead atoms. The van der Waals surface area contributed by atoms with Gasteiger partial charge in [0.1, 0.15) is 0 Å². The highest BCUT2D eigenvalue weighted by molar-refractivity contribution is 5.95. The minimum Gasteiger partial charge on any atom is -0.478 e. The monoisotopic (exact) mass is 276 g/mol. The van der Waals surface area contributed by atoms with Crippen molar-refractivity contribution in [1.29, 1.82) is 0 Å². The van der Waals surface area contributed by atoms with E-state index in [0.29, 0.717) is 18.3 Å². The Labute approximate surface area is 120 Å². The van der Waals surface area contributed by atoms with Crippen LogP contribution in [-0.4, -0.2) is 29.1 Å². The molecule has 0 amide bonds. The van der Waals surface area contributed by atoms with Gasteiger partial charge in [0.15, 0.2) is 0 Å². The van der Waals surface area contributed by atoms with Gasteiger partial charge >= 0.3 is 5.97 Å². The van der Waals surface area contributed by atoms with Crippen molar-refractivity contribution in [1.82, 2.24) is 4.90 Å². The molecule has 1 aliphatic carbocycles. The number of nitrogens with zero attached hydrogens (tertiary/aromatic N) is 1. The van der Waals surface area contributed by atoms with E-state index in [9.17, 15) is 9.90 Å². The van der Waals surface area contributed by atoms with Gasteiger partial charge in [-0.1, -0.05) is 19.1 Å². The van der Waals surface area contributed by atoms with Crippen molar-refractivity contribution in [2.75, 3.05) is 12.8 Å². The molecular formula is C16H24N2O2. The SMILES string of the molecule is CC1CCC(N(C)Cc2cccc(N)c2C(=O)O)CC1. The fourth-order valence-corrected chi connectivity index (χ4v) is 3.09. The summed E-state index contributed by atoms with van der Waals surface area (Å²) < 4.78 is 0. The smallest absolute Gasteiger partial charge is 0.338 e. The molecule has 0 heterocycles. The third kappa shape index (κ3) is 3.31. The van der Waals surface area contributed by atoms with Crippen molar-refractivity contribution >= 4 is 11.7 Å². The van der Waals surface area contributed by atoms with E-state index in [2.05, 4.69) is 18.9 Å². The summed E-state index contributed by atoms with van der Waals surface area (Å²) >= 11 is 0. The van der Waals surface area contributed by atoms with E-state index in [1.165, 1.54) is 25.7 Å². The number of anilines is 1. The zero-order chi connectivity index (χ0) is 14.7. The second-order valence-corrected chi connectivity index (χ2v) is 6.02. The van der Waals surface area contributed by atoms with Crippen molar-refractivity contribution in [3.8, 4) is 0 Å². The Morgan fingerprint density at radius 2 is 2.00 bits per heavy atom. The number of hydrogen-bond acceptors (Lipinski definition) is 3. The Hall–Kier alpha value is -1.55.